The quantitative estimate of drug-likeness (QED) is 0.902. The summed E-state index contributed by atoms with van der Waals surface area (Å²) in [6.45, 7) is 1.90. The monoisotopic (exact) mass is 266 g/mol. The van der Waals surface area contributed by atoms with Crippen molar-refractivity contribution < 1.29 is 13.2 Å². The molecule has 0 spiro atoms. The smallest absolute Gasteiger partial charge is 0.141 e. The Kier molecular flexibility index (Phi) is 4.04. The minimum absolute atomic E-state index is 0.234. The van der Waals surface area contributed by atoms with Crippen molar-refractivity contribution in [2.45, 2.75) is 19.4 Å². The molecule has 1 N–H and O–H groups in total. The van der Waals surface area contributed by atoms with Gasteiger partial charge in [0.1, 0.15) is 17.5 Å². The summed E-state index contributed by atoms with van der Waals surface area (Å²) < 4.78 is 39.0. The first-order chi connectivity index (χ1) is 9.08. The van der Waals surface area contributed by atoms with Crippen molar-refractivity contribution in [3.8, 4) is 0 Å². The number of pyridine rings is 1. The summed E-state index contributed by atoms with van der Waals surface area (Å²) in [7, 11) is 0. The van der Waals surface area contributed by atoms with Crippen LogP contribution in [-0.4, -0.2) is 4.98 Å². The van der Waals surface area contributed by atoms with E-state index in [-0.39, 0.29) is 6.04 Å². The lowest BCUT2D eigenvalue weighted by atomic mass is 10.1. The first kappa shape index (κ1) is 13.4. The van der Waals surface area contributed by atoms with Crippen LogP contribution in [0.3, 0.4) is 0 Å². The van der Waals surface area contributed by atoms with E-state index in [1.54, 1.807) is 6.07 Å². The van der Waals surface area contributed by atoms with Gasteiger partial charge >= 0.3 is 0 Å². The molecule has 19 heavy (non-hydrogen) atoms. The molecule has 2 aromatic rings. The predicted octanol–water partition coefficient (Wildman–Crippen LogP) is 4.06. The van der Waals surface area contributed by atoms with Gasteiger partial charge in [0.05, 0.1) is 17.9 Å². The minimum atomic E-state index is -0.649. The van der Waals surface area contributed by atoms with Crippen molar-refractivity contribution in [1.29, 1.82) is 0 Å². The van der Waals surface area contributed by atoms with Crippen LogP contribution in [0.15, 0.2) is 36.5 Å². The molecule has 1 aromatic heterocycles. The molecule has 0 aliphatic carbocycles. The zero-order valence-electron chi connectivity index (χ0n) is 10.3. The summed E-state index contributed by atoms with van der Waals surface area (Å²) in [4.78, 5) is 3.97. The average Bonchev–Trinajstić information content (AvgIpc) is 2.36. The van der Waals surface area contributed by atoms with Crippen LogP contribution < -0.4 is 5.32 Å². The van der Waals surface area contributed by atoms with E-state index in [1.165, 1.54) is 18.2 Å². The van der Waals surface area contributed by atoms with Gasteiger partial charge in [0.2, 0.25) is 0 Å². The molecule has 5 heteroatoms. The van der Waals surface area contributed by atoms with Crippen molar-refractivity contribution in [3.05, 3.63) is 59.7 Å². The largest absolute Gasteiger partial charge is 0.377 e. The van der Waals surface area contributed by atoms with E-state index in [1.807, 2.05) is 6.92 Å². The second-order valence-corrected chi connectivity index (χ2v) is 4.16. The molecule has 100 valence electrons. The Balaban J connectivity index is 2.21. The van der Waals surface area contributed by atoms with Crippen LogP contribution in [0, 0.1) is 17.5 Å². The van der Waals surface area contributed by atoms with Gasteiger partial charge in [-0.1, -0.05) is 6.92 Å². The molecule has 1 atom stereocenters. The van der Waals surface area contributed by atoms with Gasteiger partial charge in [-0.15, -0.1) is 0 Å². The van der Waals surface area contributed by atoms with Crippen LogP contribution in [0.1, 0.15) is 25.1 Å². The number of anilines is 1. The first-order valence-electron chi connectivity index (χ1n) is 5.92. The lowest BCUT2D eigenvalue weighted by Gasteiger charge is -2.17. The van der Waals surface area contributed by atoms with Crippen LogP contribution in [0.5, 0.6) is 0 Å². The molecule has 0 fully saturated rings. The van der Waals surface area contributed by atoms with Crippen LogP contribution in [-0.2, 0) is 0 Å². The summed E-state index contributed by atoms with van der Waals surface area (Å²) >= 11 is 0. The molecule has 1 unspecified atom stereocenters. The predicted molar refractivity (Wildman–Crippen MR) is 67.2 cm³/mol. The number of benzene rings is 1. The van der Waals surface area contributed by atoms with Crippen molar-refractivity contribution in [3.63, 3.8) is 0 Å². The minimum Gasteiger partial charge on any atom is -0.377 e. The second kappa shape index (κ2) is 5.73. The van der Waals surface area contributed by atoms with Gasteiger partial charge in [0, 0.05) is 11.8 Å². The van der Waals surface area contributed by atoms with E-state index < -0.39 is 17.5 Å². The molecular formula is C14H13F3N2. The maximum Gasteiger partial charge on any atom is 0.141 e. The Morgan fingerprint density at radius 2 is 1.74 bits per heavy atom. The molecule has 0 aliphatic heterocycles. The van der Waals surface area contributed by atoms with E-state index in [2.05, 4.69) is 10.3 Å². The number of nitrogens with one attached hydrogen (secondary N) is 1. The third-order valence-electron chi connectivity index (χ3n) is 2.72. The summed E-state index contributed by atoms with van der Waals surface area (Å²) in [6.07, 6.45) is 1.77. The Morgan fingerprint density at radius 1 is 1.05 bits per heavy atom. The SMILES string of the molecule is CCC(Nc1cc(F)cc(F)c1)c1ccc(F)cn1. The zero-order chi connectivity index (χ0) is 13.8. The lowest BCUT2D eigenvalue weighted by Crippen LogP contribution is -2.11. The van der Waals surface area contributed by atoms with E-state index in [4.69, 9.17) is 0 Å². The molecule has 0 bridgehead atoms. The number of aromatic nitrogens is 1. The number of nitrogens with zero attached hydrogens (tertiary/aromatic N) is 1. The van der Waals surface area contributed by atoms with Gasteiger partial charge < -0.3 is 5.32 Å². The Hall–Kier alpha value is -2.04. The van der Waals surface area contributed by atoms with E-state index >= 15 is 0 Å². The molecule has 0 saturated carbocycles. The normalized spacial score (nSPS) is 12.2. The highest BCUT2D eigenvalue weighted by atomic mass is 19.1. The molecular weight excluding hydrogens is 253 g/mol. The Bertz CT molecular complexity index is 535. The van der Waals surface area contributed by atoms with Crippen LogP contribution >= 0.6 is 0 Å². The first-order valence-corrected chi connectivity index (χ1v) is 5.92. The fourth-order valence-electron chi connectivity index (χ4n) is 1.82. The fraction of sp³-hybridized carbons (Fsp3) is 0.214. The number of hydrogen-bond donors (Lipinski definition) is 1. The highest BCUT2D eigenvalue weighted by Gasteiger charge is 2.11. The molecule has 1 heterocycles. The third-order valence-corrected chi connectivity index (χ3v) is 2.72. The number of rotatable bonds is 4. The number of halogens is 3. The van der Waals surface area contributed by atoms with Gasteiger partial charge in [-0.05, 0) is 30.7 Å². The maximum atomic E-state index is 13.1. The van der Waals surface area contributed by atoms with Crippen LogP contribution in [0.4, 0.5) is 18.9 Å². The van der Waals surface area contributed by atoms with Gasteiger partial charge in [0.25, 0.3) is 0 Å². The molecule has 1 aromatic carbocycles. The molecule has 0 saturated heterocycles. The standard InChI is InChI=1S/C14H13F3N2/c1-2-13(14-4-3-9(15)8-18-14)19-12-6-10(16)5-11(17)7-12/h3-8,13,19H,2H2,1H3. The van der Waals surface area contributed by atoms with Gasteiger partial charge in [-0.3, -0.25) is 4.98 Å². The number of hydrogen-bond acceptors (Lipinski definition) is 2. The lowest BCUT2D eigenvalue weighted by molar-refractivity contribution is 0.582. The van der Waals surface area contributed by atoms with Gasteiger partial charge in [-0.25, -0.2) is 13.2 Å². The highest BCUT2D eigenvalue weighted by molar-refractivity contribution is 5.45. The molecule has 0 amide bonds. The summed E-state index contributed by atoms with van der Waals surface area (Å²) in [6, 6.07) is 5.83. The molecule has 2 nitrogen and oxygen atoms in total. The van der Waals surface area contributed by atoms with E-state index in [0.717, 1.165) is 12.3 Å². The average molecular weight is 266 g/mol. The highest BCUT2D eigenvalue weighted by Crippen LogP contribution is 2.22. The van der Waals surface area contributed by atoms with Crippen molar-refractivity contribution in [2.75, 3.05) is 5.32 Å². The van der Waals surface area contributed by atoms with E-state index in [9.17, 15) is 13.2 Å². The summed E-state index contributed by atoms with van der Waals surface area (Å²) in [5.74, 6) is -1.72. The second-order valence-electron chi connectivity index (χ2n) is 4.16. The van der Waals surface area contributed by atoms with Crippen molar-refractivity contribution in [2.24, 2.45) is 0 Å². The zero-order valence-corrected chi connectivity index (χ0v) is 10.3. The molecule has 0 aliphatic rings. The fourth-order valence-corrected chi connectivity index (χ4v) is 1.82. The van der Waals surface area contributed by atoms with Crippen molar-refractivity contribution in [1.82, 2.24) is 4.98 Å². The molecule has 2 rings (SSSR count). The van der Waals surface area contributed by atoms with Crippen LogP contribution in [0.25, 0.3) is 0 Å². The summed E-state index contributed by atoms with van der Waals surface area (Å²) in [5, 5.41) is 2.98. The summed E-state index contributed by atoms with van der Waals surface area (Å²) in [5.41, 5.74) is 0.948. The molecule has 0 radical (unpaired) electrons. The third kappa shape index (κ3) is 3.47. The van der Waals surface area contributed by atoms with Gasteiger partial charge in [-0.2, -0.15) is 0 Å². The van der Waals surface area contributed by atoms with Gasteiger partial charge in [0.15, 0.2) is 0 Å². The Morgan fingerprint density at radius 3 is 2.26 bits per heavy atom. The Labute approximate surface area is 109 Å². The van der Waals surface area contributed by atoms with Crippen LogP contribution in [0.2, 0.25) is 0 Å². The maximum absolute atomic E-state index is 13.1. The van der Waals surface area contributed by atoms with E-state index in [0.29, 0.717) is 17.8 Å². The van der Waals surface area contributed by atoms with Crippen molar-refractivity contribution >= 4 is 5.69 Å². The topological polar surface area (TPSA) is 24.9 Å².